The summed E-state index contributed by atoms with van der Waals surface area (Å²) < 4.78 is 17.0. The van der Waals surface area contributed by atoms with Crippen LogP contribution in [0.4, 0.5) is 15.3 Å². The molecule has 7 nitrogen and oxygen atoms in total. The Bertz CT molecular complexity index is 1060. The topological polar surface area (TPSA) is 68.3 Å². The normalized spacial score (nSPS) is 15.5. The van der Waals surface area contributed by atoms with E-state index in [1.807, 2.05) is 45.0 Å². The summed E-state index contributed by atoms with van der Waals surface area (Å²) in [6.45, 7) is 10.0. The minimum absolute atomic E-state index is 0.292. The average molecular weight is 467 g/mol. The van der Waals surface area contributed by atoms with Gasteiger partial charge in [0, 0.05) is 19.5 Å². The van der Waals surface area contributed by atoms with Gasteiger partial charge in [-0.3, -0.25) is 4.90 Å². The van der Waals surface area contributed by atoms with Gasteiger partial charge in [-0.1, -0.05) is 29.8 Å². The molecule has 0 spiro atoms. The first-order valence-corrected chi connectivity index (χ1v) is 12.0. The van der Waals surface area contributed by atoms with Crippen LogP contribution in [0.3, 0.4) is 0 Å². The van der Waals surface area contributed by atoms with Gasteiger partial charge in [0.2, 0.25) is 0 Å². The van der Waals surface area contributed by atoms with Gasteiger partial charge in [0.15, 0.2) is 0 Å². The third kappa shape index (κ3) is 5.82. The van der Waals surface area contributed by atoms with Crippen LogP contribution in [0.1, 0.15) is 43.0 Å². The van der Waals surface area contributed by atoms with E-state index in [1.54, 1.807) is 9.80 Å². The van der Waals surface area contributed by atoms with E-state index in [1.165, 1.54) is 5.56 Å². The van der Waals surface area contributed by atoms with Gasteiger partial charge < -0.3 is 19.1 Å². The highest BCUT2D eigenvalue weighted by molar-refractivity contribution is 5.90. The molecule has 0 saturated heterocycles. The molecule has 182 valence electrons. The van der Waals surface area contributed by atoms with Gasteiger partial charge >= 0.3 is 12.2 Å². The maximum Gasteiger partial charge on any atom is 0.414 e. The van der Waals surface area contributed by atoms with Crippen molar-refractivity contribution in [2.75, 3.05) is 37.7 Å². The molecule has 2 aliphatic rings. The summed E-state index contributed by atoms with van der Waals surface area (Å²) in [5, 5.41) is 0. The maximum absolute atomic E-state index is 12.9. The lowest BCUT2D eigenvalue weighted by Crippen LogP contribution is -2.38. The first kappa shape index (κ1) is 23.9. The van der Waals surface area contributed by atoms with E-state index in [-0.39, 0.29) is 12.2 Å². The number of amides is 2. The lowest BCUT2D eigenvalue weighted by molar-refractivity contribution is 0.0258. The summed E-state index contributed by atoms with van der Waals surface area (Å²) in [6.07, 6.45) is 1.43. The molecule has 0 N–H and O–H groups in total. The lowest BCUT2D eigenvalue weighted by atomic mass is 10.0. The highest BCUT2D eigenvalue weighted by Crippen LogP contribution is 2.36. The number of benzene rings is 2. The fourth-order valence-corrected chi connectivity index (χ4v) is 4.34. The van der Waals surface area contributed by atoms with Crippen molar-refractivity contribution in [3.05, 3.63) is 58.7 Å². The van der Waals surface area contributed by atoms with Gasteiger partial charge in [0.05, 0.1) is 18.8 Å². The van der Waals surface area contributed by atoms with Crippen LogP contribution in [0, 0.1) is 6.92 Å². The Labute approximate surface area is 201 Å². The van der Waals surface area contributed by atoms with Gasteiger partial charge in [-0.25, -0.2) is 9.59 Å². The van der Waals surface area contributed by atoms with Crippen LogP contribution in [-0.2, 0) is 28.7 Å². The fraction of sp³-hybridized carbons (Fsp3) is 0.481. The molecule has 0 radical (unpaired) electrons. The second-order valence-corrected chi connectivity index (χ2v) is 9.91. The molecule has 0 saturated carbocycles. The lowest BCUT2D eigenvalue weighted by Gasteiger charge is -2.30. The van der Waals surface area contributed by atoms with E-state index in [9.17, 15) is 9.59 Å². The zero-order valence-electron chi connectivity index (χ0n) is 20.6. The summed E-state index contributed by atoms with van der Waals surface area (Å²) in [6, 6.07) is 12.2. The van der Waals surface area contributed by atoms with Crippen molar-refractivity contribution in [2.45, 2.75) is 52.6 Å². The van der Waals surface area contributed by atoms with E-state index < -0.39 is 5.60 Å². The molecule has 0 aromatic heterocycles. The molecule has 0 atom stereocenters. The molecule has 0 fully saturated rings. The Morgan fingerprint density at radius 3 is 2.44 bits per heavy atom. The molecule has 0 unspecified atom stereocenters. The smallest absolute Gasteiger partial charge is 0.414 e. The first-order chi connectivity index (χ1) is 16.2. The van der Waals surface area contributed by atoms with Crippen LogP contribution in [0.2, 0.25) is 0 Å². The Kier molecular flexibility index (Phi) is 7.00. The number of carbonyl (C=O) groups excluding carboxylic acids is 2. The number of anilines is 1. The Hall–Kier alpha value is -3.22. The van der Waals surface area contributed by atoms with Gasteiger partial charge in [-0.05, 0) is 69.4 Å². The molecule has 2 aromatic carbocycles. The number of hydrogen-bond donors (Lipinski definition) is 0. The zero-order valence-corrected chi connectivity index (χ0v) is 20.6. The standard InChI is InChI=1S/C27H34N2O5/c1-19-6-5-7-20(16-19)10-14-33-26(31)29-13-15-32-24-18-22-9-12-28(25(30)34-27(2,3)4)11-8-21(22)17-23(24)29/h5-7,16-18H,8-15H2,1-4H3. The zero-order chi connectivity index (χ0) is 24.3. The molecule has 0 aliphatic carbocycles. The van der Waals surface area contributed by atoms with Crippen LogP contribution < -0.4 is 9.64 Å². The second kappa shape index (κ2) is 9.95. The largest absolute Gasteiger partial charge is 0.490 e. The van der Waals surface area contributed by atoms with Crippen molar-refractivity contribution in [2.24, 2.45) is 0 Å². The number of nitrogens with zero attached hydrogens (tertiary/aromatic N) is 2. The van der Waals surface area contributed by atoms with Crippen LogP contribution in [0.5, 0.6) is 5.75 Å². The monoisotopic (exact) mass is 466 g/mol. The van der Waals surface area contributed by atoms with E-state index >= 15 is 0 Å². The van der Waals surface area contributed by atoms with Gasteiger partial charge in [-0.2, -0.15) is 0 Å². The number of ether oxygens (including phenoxy) is 3. The highest BCUT2D eigenvalue weighted by atomic mass is 16.6. The third-order valence-corrected chi connectivity index (χ3v) is 6.02. The van der Waals surface area contributed by atoms with E-state index in [2.05, 4.69) is 19.1 Å². The maximum atomic E-state index is 12.9. The van der Waals surface area contributed by atoms with Crippen molar-refractivity contribution < 1.29 is 23.8 Å². The molecule has 2 aliphatic heterocycles. The van der Waals surface area contributed by atoms with Gasteiger partial charge in [0.25, 0.3) is 0 Å². The van der Waals surface area contributed by atoms with Gasteiger partial charge in [0.1, 0.15) is 18.0 Å². The molecule has 7 heteroatoms. The number of carbonyl (C=O) groups is 2. The predicted octanol–water partition coefficient (Wildman–Crippen LogP) is 4.91. The van der Waals surface area contributed by atoms with Crippen molar-refractivity contribution in [3.8, 4) is 5.75 Å². The van der Waals surface area contributed by atoms with Crippen molar-refractivity contribution in [1.82, 2.24) is 4.90 Å². The third-order valence-electron chi connectivity index (χ3n) is 6.02. The highest BCUT2D eigenvalue weighted by Gasteiger charge is 2.29. The van der Waals surface area contributed by atoms with Crippen LogP contribution in [0.25, 0.3) is 0 Å². The molecule has 2 aromatic rings. The van der Waals surface area contributed by atoms with E-state index in [0.29, 0.717) is 57.9 Å². The Balaban J connectivity index is 1.42. The summed E-state index contributed by atoms with van der Waals surface area (Å²) in [4.78, 5) is 28.9. The summed E-state index contributed by atoms with van der Waals surface area (Å²) >= 11 is 0. The predicted molar refractivity (Wildman–Crippen MR) is 131 cm³/mol. The van der Waals surface area contributed by atoms with E-state index in [0.717, 1.165) is 22.4 Å². The minimum Gasteiger partial charge on any atom is -0.490 e. The molecular weight excluding hydrogens is 432 g/mol. The second-order valence-electron chi connectivity index (χ2n) is 9.91. The number of rotatable bonds is 3. The average Bonchev–Trinajstić information content (AvgIpc) is 2.98. The number of aryl methyl sites for hydroxylation is 1. The quantitative estimate of drug-likeness (QED) is 0.643. The molecule has 0 bridgehead atoms. The minimum atomic E-state index is -0.524. The number of fused-ring (bicyclic) bond motifs is 2. The summed E-state index contributed by atoms with van der Waals surface area (Å²) in [7, 11) is 0. The first-order valence-electron chi connectivity index (χ1n) is 12.0. The van der Waals surface area contributed by atoms with Crippen LogP contribution >= 0.6 is 0 Å². The van der Waals surface area contributed by atoms with Gasteiger partial charge in [-0.15, -0.1) is 0 Å². The van der Waals surface area contributed by atoms with Crippen molar-refractivity contribution in [1.29, 1.82) is 0 Å². The van der Waals surface area contributed by atoms with E-state index in [4.69, 9.17) is 14.2 Å². The number of hydrogen-bond acceptors (Lipinski definition) is 5. The van der Waals surface area contributed by atoms with Crippen LogP contribution in [-0.4, -0.2) is 55.5 Å². The Morgan fingerprint density at radius 1 is 1.00 bits per heavy atom. The summed E-state index contributed by atoms with van der Waals surface area (Å²) in [5.74, 6) is 0.686. The SMILES string of the molecule is Cc1cccc(CCOC(=O)N2CCOc3cc4c(cc32)CCN(C(=O)OC(C)(C)C)CC4)c1. The molecule has 2 amide bonds. The fourth-order valence-electron chi connectivity index (χ4n) is 4.34. The van der Waals surface area contributed by atoms with Crippen LogP contribution in [0.15, 0.2) is 36.4 Å². The Morgan fingerprint density at radius 2 is 1.74 bits per heavy atom. The molecular formula is C27H34N2O5. The molecule has 34 heavy (non-hydrogen) atoms. The van der Waals surface area contributed by atoms with Crippen molar-refractivity contribution >= 4 is 17.9 Å². The van der Waals surface area contributed by atoms with Crippen molar-refractivity contribution in [3.63, 3.8) is 0 Å². The molecule has 2 heterocycles. The molecule has 4 rings (SSSR count). The summed E-state index contributed by atoms with van der Waals surface area (Å²) in [5.41, 5.74) is 4.80.